The SMILES string of the molecule is CC[C@H](C)[C@H](N)C(=O)N[C@@H](CO)C(=O)N[C@@H](Cc1ccc(O)cc1)C(=O)NCC(=O)N[C@@H](CC(N)=O)C(=O)N[C@@H](CC(=O)O)C(=O)N[C@@H](C)C(=O)N[C@@H](CC(C)C)C(=O)N[C@@H](CCSC)C(=O)N1CCC[C@H]1C(=O)O. The quantitative estimate of drug-likeness (QED) is 0.0327. The number of carbonyl (C=O) groups excluding carboxylic acids is 10. The molecule has 418 valence electrons. The van der Waals surface area contributed by atoms with Gasteiger partial charge in [0.15, 0.2) is 0 Å². The van der Waals surface area contributed by atoms with Gasteiger partial charge in [0.2, 0.25) is 59.1 Å². The number of likely N-dealkylation sites (tertiary alicyclic amines) is 1. The van der Waals surface area contributed by atoms with Crippen LogP contribution >= 0.6 is 11.8 Å². The minimum absolute atomic E-state index is 0.0507. The Kier molecular flexibility index (Phi) is 27.0. The van der Waals surface area contributed by atoms with Crippen molar-refractivity contribution in [2.24, 2.45) is 23.3 Å². The normalized spacial score (nSPS) is 16.7. The van der Waals surface area contributed by atoms with E-state index in [1.54, 1.807) is 34.0 Å². The number of thioether (sulfide) groups is 1. The van der Waals surface area contributed by atoms with E-state index in [4.69, 9.17) is 11.5 Å². The summed E-state index contributed by atoms with van der Waals surface area (Å²) in [5.74, 6) is -12.8. The van der Waals surface area contributed by atoms with Crippen molar-refractivity contribution < 1.29 is 78.0 Å². The van der Waals surface area contributed by atoms with Crippen molar-refractivity contribution in [3.8, 4) is 5.75 Å². The third kappa shape index (κ3) is 21.7. The lowest BCUT2D eigenvalue weighted by Gasteiger charge is -2.29. The van der Waals surface area contributed by atoms with E-state index in [9.17, 15) is 78.0 Å². The van der Waals surface area contributed by atoms with Gasteiger partial charge in [-0.3, -0.25) is 52.7 Å². The average molecular weight is 1080 g/mol. The number of aromatic hydroxyl groups is 1. The molecule has 1 aromatic carbocycles. The smallest absolute Gasteiger partial charge is 0.326 e. The predicted molar refractivity (Wildman–Crippen MR) is 269 cm³/mol. The zero-order valence-corrected chi connectivity index (χ0v) is 43.7. The van der Waals surface area contributed by atoms with E-state index in [0.29, 0.717) is 24.2 Å². The number of primary amides is 1. The van der Waals surface area contributed by atoms with Crippen LogP contribution in [0.5, 0.6) is 5.75 Å². The van der Waals surface area contributed by atoms with Crippen molar-refractivity contribution in [2.75, 3.05) is 31.7 Å². The van der Waals surface area contributed by atoms with E-state index in [0.717, 1.165) is 0 Å². The molecule has 1 aliphatic heterocycles. The lowest BCUT2D eigenvalue weighted by molar-refractivity contribution is -0.149. The van der Waals surface area contributed by atoms with Crippen LogP contribution in [-0.2, 0) is 64.0 Å². The molecule has 75 heavy (non-hydrogen) atoms. The number of phenols is 1. The second-order valence-electron chi connectivity index (χ2n) is 18.5. The molecule has 1 heterocycles. The molecule has 0 saturated carbocycles. The average Bonchev–Trinajstić information content (AvgIpc) is 3.85. The van der Waals surface area contributed by atoms with E-state index < -0.39 is 151 Å². The molecule has 1 aromatic rings. The molecular formula is C47H73N11O16S. The Hall–Kier alpha value is -7.07. The molecule has 2 rings (SSSR count). The van der Waals surface area contributed by atoms with Crippen molar-refractivity contribution in [1.82, 2.24) is 47.4 Å². The fourth-order valence-electron chi connectivity index (χ4n) is 7.56. The highest BCUT2D eigenvalue weighted by atomic mass is 32.2. The number of carbonyl (C=O) groups is 12. The third-order valence-corrected chi connectivity index (χ3v) is 12.7. The maximum Gasteiger partial charge on any atom is 0.326 e. The Morgan fingerprint density at radius 1 is 0.707 bits per heavy atom. The van der Waals surface area contributed by atoms with Crippen LogP contribution < -0.4 is 54.0 Å². The molecule has 28 heteroatoms. The van der Waals surface area contributed by atoms with Crippen LogP contribution in [0.2, 0.25) is 0 Å². The van der Waals surface area contributed by atoms with Crippen LogP contribution in [0.15, 0.2) is 24.3 Å². The number of benzene rings is 1. The molecular weight excluding hydrogens is 1010 g/mol. The zero-order chi connectivity index (χ0) is 56.7. The standard InChI is InChI=1S/C47H73N11O16S/c1-7-24(4)38(49)45(71)57-33(22-59)44(70)55-30(18-26-10-12-27(60)13-11-26)40(66)50-21-36(62)52-31(19-35(48)61)43(69)56-32(20-37(63)64)41(67)51-25(5)39(65)54-29(17-23(2)3)42(68)53-28(14-16-75-6)46(72)58-15-8-9-34(58)47(73)74/h10-13,23-25,28-34,38,59-60H,7-9,14-22,49H2,1-6H3,(H2,48,61)(H,50,66)(H,51,67)(H,52,62)(H,53,68)(H,54,65)(H,55,70)(H,56,69)(H,57,71)(H,63,64)(H,73,74)/t24-,25-,28-,29-,30-,31-,32-,33-,34-,38-/m0/s1. The molecule has 0 spiro atoms. The number of amides is 10. The topological polar surface area (TPSA) is 437 Å². The predicted octanol–water partition coefficient (Wildman–Crippen LogP) is -3.95. The molecule has 0 unspecified atom stereocenters. The van der Waals surface area contributed by atoms with Crippen LogP contribution in [0.3, 0.4) is 0 Å². The summed E-state index contributed by atoms with van der Waals surface area (Å²) in [6, 6.07) is -7.36. The van der Waals surface area contributed by atoms with Gasteiger partial charge in [0.25, 0.3) is 0 Å². The summed E-state index contributed by atoms with van der Waals surface area (Å²) < 4.78 is 0. The van der Waals surface area contributed by atoms with Gasteiger partial charge >= 0.3 is 11.9 Å². The van der Waals surface area contributed by atoms with Crippen LogP contribution in [0, 0.1) is 11.8 Å². The first-order chi connectivity index (χ1) is 35.2. The van der Waals surface area contributed by atoms with Gasteiger partial charge in [-0.1, -0.05) is 46.2 Å². The highest BCUT2D eigenvalue weighted by Gasteiger charge is 2.39. The van der Waals surface area contributed by atoms with Crippen molar-refractivity contribution >= 4 is 82.8 Å². The summed E-state index contributed by atoms with van der Waals surface area (Å²) in [6.45, 7) is 6.59. The molecule has 0 radical (unpaired) electrons. The number of rotatable bonds is 32. The van der Waals surface area contributed by atoms with Gasteiger partial charge in [0.1, 0.15) is 54.1 Å². The maximum absolute atomic E-state index is 13.7. The van der Waals surface area contributed by atoms with Gasteiger partial charge in [-0.05, 0) is 74.1 Å². The van der Waals surface area contributed by atoms with E-state index in [-0.39, 0.29) is 49.8 Å². The van der Waals surface area contributed by atoms with Crippen molar-refractivity contribution in [3.05, 3.63) is 29.8 Å². The van der Waals surface area contributed by atoms with Crippen molar-refractivity contribution in [2.45, 2.75) is 140 Å². The number of phenolic OH excluding ortho intramolecular Hbond substituents is 1. The molecule has 16 N–H and O–H groups in total. The number of nitrogens with two attached hydrogens (primary N) is 2. The van der Waals surface area contributed by atoms with Gasteiger partial charge in [0.05, 0.1) is 32.0 Å². The Morgan fingerprint density at radius 3 is 1.81 bits per heavy atom. The fraction of sp³-hybridized carbons (Fsp3) is 0.617. The summed E-state index contributed by atoms with van der Waals surface area (Å²) in [5.41, 5.74) is 11.7. The molecule has 0 bridgehead atoms. The summed E-state index contributed by atoms with van der Waals surface area (Å²) >= 11 is 1.39. The molecule has 27 nitrogen and oxygen atoms in total. The Labute approximate surface area is 437 Å². The molecule has 10 atom stereocenters. The first-order valence-electron chi connectivity index (χ1n) is 24.3. The number of nitrogens with zero attached hydrogens (tertiary/aromatic N) is 1. The van der Waals surface area contributed by atoms with E-state index in [1.807, 2.05) is 0 Å². The van der Waals surface area contributed by atoms with Crippen LogP contribution in [-0.4, -0.2) is 182 Å². The Bertz CT molecular complexity index is 2200. The van der Waals surface area contributed by atoms with Crippen molar-refractivity contribution in [1.29, 1.82) is 0 Å². The van der Waals surface area contributed by atoms with Crippen LogP contribution in [0.4, 0.5) is 0 Å². The summed E-state index contributed by atoms with van der Waals surface area (Å²) in [7, 11) is 0. The van der Waals surface area contributed by atoms with E-state index in [2.05, 4.69) is 42.5 Å². The number of aliphatic carboxylic acids is 2. The van der Waals surface area contributed by atoms with Crippen molar-refractivity contribution in [3.63, 3.8) is 0 Å². The second-order valence-corrected chi connectivity index (χ2v) is 19.5. The minimum atomic E-state index is -1.95. The fourth-order valence-corrected chi connectivity index (χ4v) is 8.03. The number of aliphatic hydroxyl groups is 1. The maximum atomic E-state index is 13.7. The second kappa shape index (κ2) is 31.6. The monoisotopic (exact) mass is 1080 g/mol. The first kappa shape index (κ1) is 64.0. The number of carboxylic acid groups (broad SMARTS) is 2. The molecule has 1 fully saturated rings. The molecule has 0 aromatic heterocycles. The molecule has 0 aliphatic carbocycles. The van der Waals surface area contributed by atoms with Gasteiger partial charge in [0, 0.05) is 13.0 Å². The highest BCUT2D eigenvalue weighted by Crippen LogP contribution is 2.20. The van der Waals surface area contributed by atoms with Crippen LogP contribution in [0.1, 0.15) is 85.1 Å². The largest absolute Gasteiger partial charge is 0.508 e. The zero-order valence-electron chi connectivity index (χ0n) is 42.8. The Morgan fingerprint density at radius 2 is 1.25 bits per heavy atom. The summed E-state index contributed by atoms with van der Waals surface area (Å²) in [6.07, 6.45) is 0.986. The number of hydrogen-bond acceptors (Lipinski definition) is 16. The van der Waals surface area contributed by atoms with Gasteiger partial charge in [-0.15, -0.1) is 0 Å². The highest BCUT2D eigenvalue weighted by molar-refractivity contribution is 7.98. The van der Waals surface area contributed by atoms with Gasteiger partial charge in [-0.25, -0.2) is 4.79 Å². The summed E-state index contributed by atoms with van der Waals surface area (Å²) in [4.78, 5) is 158. The molecule has 1 saturated heterocycles. The number of nitrogens with one attached hydrogen (secondary N) is 8. The third-order valence-electron chi connectivity index (χ3n) is 12.0. The molecule has 1 aliphatic rings. The Balaban J connectivity index is 2.22. The summed E-state index contributed by atoms with van der Waals surface area (Å²) in [5, 5.41) is 57.7. The number of hydrogen-bond donors (Lipinski definition) is 14. The number of carboxylic acids is 2. The van der Waals surface area contributed by atoms with E-state index >= 15 is 0 Å². The van der Waals surface area contributed by atoms with Crippen LogP contribution in [0.25, 0.3) is 0 Å². The van der Waals surface area contributed by atoms with Gasteiger partial charge < -0.3 is 79.3 Å². The lowest BCUT2D eigenvalue weighted by atomic mass is 9.99. The van der Waals surface area contributed by atoms with E-state index in [1.165, 1.54) is 47.9 Å². The molecule has 10 amide bonds. The first-order valence-corrected chi connectivity index (χ1v) is 25.7. The minimum Gasteiger partial charge on any atom is -0.508 e. The lowest BCUT2D eigenvalue weighted by Crippen LogP contribution is -2.60. The van der Waals surface area contributed by atoms with Gasteiger partial charge in [-0.2, -0.15) is 11.8 Å². The number of aliphatic hydroxyl groups excluding tert-OH is 1.